The molecular formula is C14H14F2N2O. The molecule has 2 aromatic rings. The van der Waals surface area contributed by atoms with Crippen LogP contribution in [0.1, 0.15) is 31.4 Å². The lowest BCUT2D eigenvalue weighted by molar-refractivity contribution is 0.358. The van der Waals surface area contributed by atoms with E-state index in [2.05, 4.69) is 5.16 Å². The van der Waals surface area contributed by atoms with Crippen LogP contribution in [-0.2, 0) is 0 Å². The van der Waals surface area contributed by atoms with Crippen molar-refractivity contribution in [1.82, 2.24) is 5.16 Å². The molecule has 0 amide bonds. The van der Waals surface area contributed by atoms with Crippen molar-refractivity contribution in [1.29, 1.82) is 0 Å². The van der Waals surface area contributed by atoms with E-state index < -0.39 is 11.6 Å². The van der Waals surface area contributed by atoms with Crippen molar-refractivity contribution >= 4 is 5.82 Å². The summed E-state index contributed by atoms with van der Waals surface area (Å²) in [5.41, 5.74) is 6.47. The maximum atomic E-state index is 13.9. The highest BCUT2D eigenvalue weighted by atomic mass is 19.1. The topological polar surface area (TPSA) is 52.0 Å². The summed E-state index contributed by atoms with van der Waals surface area (Å²) in [6.45, 7) is 2.02. The highest BCUT2D eigenvalue weighted by molar-refractivity contribution is 5.76. The van der Waals surface area contributed by atoms with Crippen molar-refractivity contribution in [2.75, 3.05) is 5.73 Å². The van der Waals surface area contributed by atoms with E-state index in [1.54, 1.807) is 0 Å². The Kier molecular flexibility index (Phi) is 2.77. The monoisotopic (exact) mass is 264 g/mol. The van der Waals surface area contributed by atoms with Crippen LogP contribution in [0.15, 0.2) is 22.7 Å². The molecule has 1 saturated carbocycles. The van der Waals surface area contributed by atoms with Crippen molar-refractivity contribution in [3.8, 4) is 11.1 Å². The lowest BCUT2D eigenvalue weighted by Crippen LogP contribution is -1.99. The van der Waals surface area contributed by atoms with Crippen LogP contribution in [0, 0.1) is 17.6 Å². The number of benzene rings is 1. The first-order chi connectivity index (χ1) is 9.08. The first-order valence-electron chi connectivity index (χ1n) is 6.28. The Morgan fingerprint density at radius 1 is 1.37 bits per heavy atom. The first-order valence-corrected chi connectivity index (χ1v) is 6.28. The van der Waals surface area contributed by atoms with Crippen molar-refractivity contribution in [3.05, 3.63) is 35.6 Å². The van der Waals surface area contributed by atoms with Gasteiger partial charge in [-0.25, -0.2) is 8.78 Å². The van der Waals surface area contributed by atoms with Gasteiger partial charge in [0.15, 0.2) is 5.82 Å². The summed E-state index contributed by atoms with van der Waals surface area (Å²) in [5, 5.41) is 3.73. The Hall–Kier alpha value is -1.91. The van der Waals surface area contributed by atoms with Gasteiger partial charge in [-0.1, -0.05) is 12.1 Å². The Morgan fingerprint density at radius 2 is 2.11 bits per heavy atom. The highest BCUT2D eigenvalue weighted by Crippen LogP contribution is 2.46. The number of anilines is 1. The Labute approximate surface area is 109 Å². The second kappa shape index (κ2) is 4.33. The van der Waals surface area contributed by atoms with Gasteiger partial charge in [0.25, 0.3) is 0 Å². The largest absolute Gasteiger partial charge is 0.380 e. The number of rotatable bonds is 3. The predicted molar refractivity (Wildman–Crippen MR) is 67.4 cm³/mol. The van der Waals surface area contributed by atoms with Crippen molar-refractivity contribution in [2.24, 2.45) is 5.92 Å². The zero-order valence-corrected chi connectivity index (χ0v) is 10.5. The molecule has 0 bridgehead atoms. The fraction of sp³-hybridized carbons (Fsp3) is 0.357. The van der Waals surface area contributed by atoms with Crippen LogP contribution < -0.4 is 5.73 Å². The zero-order chi connectivity index (χ0) is 13.6. The summed E-state index contributed by atoms with van der Waals surface area (Å²) < 4.78 is 32.1. The Bertz CT molecular complexity index is 620. The number of nitrogens with two attached hydrogens (primary N) is 1. The quantitative estimate of drug-likeness (QED) is 0.919. The maximum absolute atomic E-state index is 13.9. The molecule has 1 aliphatic carbocycles. The van der Waals surface area contributed by atoms with Crippen LogP contribution >= 0.6 is 0 Å². The molecule has 19 heavy (non-hydrogen) atoms. The molecule has 1 unspecified atom stereocenters. The zero-order valence-electron chi connectivity index (χ0n) is 10.5. The number of hydrogen-bond acceptors (Lipinski definition) is 3. The molecule has 0 spiro atoms. The van der Waals surface area contributed by atoms with Gasteiger partial charge in [-0.05, 0) is 30.9 Å². The summed E-state index contributed by atoms with van der Waals surface area (Å²) >= 11 is 0. The average molecular weight is 264 g/mol. The third-order valence-corrected chi connectivity index (χ3v) is 3.69. The Morgan fingerprint density at radius 3 is 2.74 bits per heavy atom. The van der Waals surface area contributed by atoms with E-state index in [9.17, 15) is 8.78 Å². The fourth-order valence-corrected chi connectivity index (χ4v) is 2.40. The molecule has 5 heteroatoms. The summed E-state index contributed by atoms with van der Waals surface area (Å²) in [5.74, 6) is 0.143. The minimum Gasteiger partial charge on any atom is -0.380 e. The third-order valence-electron chi connectivity index (χ3n) is 3.69. The molecular weight excluding hydrogens is 250 g/mol. The second-order valence-corrected chi connectivity index (χ2v) is 5.06. The van der Waals surface area contributed by atoms with Gasteiger partial charge in [-0.15, -0.1) is 0 Å². The Balaban J connectivity index is 2.10. The van der Waals surface area contributed by atoms with Gasteiger partial charge in [0.05, 0.1) is 5.56 Å². The smallest absolute Gasteiger partial charge is 0.175 e. The van der Waals surface area contributed by atoms with Crippen LogP contribution in [-0.4, -0.2) is 5.16 Å². The number of nitrogens with zero attached hydrogens (tertiary/aromatic N) is 1. The highest BCUT2D eigenvalue weighted by Gasteiger charge is 2.34. The lowest BCUT2D eigenvalue weighted by Gasteiger charge is -2.09. The van der Waals surface area contributed by atoms with E-state index in [1.807, 2.05) is 6.92 Å². The minimum atomic E-state index is -0.654. The number of hydrogen-bond donors (Lipinski definition) is 1. The van der Waals surface area contributed by atoms with Crippen LogP contribution in [0.25, 0.3) is 11.1 Å². The second-order valence-electron chi connectivity index (χ2n) is 5.06. The van der Waals surface area contributed by atoms with Gasteiger partial charge < -0.3 is 10.3 Å². The number of halogens is 2. The van der Waals surface area contributed by atoms with Gasteiger partial charge in [-0.3, -0.25) is 0 Å². The molecule has 1 aromatic heterocycles. The van der Waals surface area contributed by atoms with Gasteiger partial charge in [0, 0.05) is 17.5 Å². The first kappa shape index (κ1) is 12.1. The molecule has 1 fully saturated rings. The lowest BCUT2D eigenvalue weighted by atomic mass is 9.95. The molecule has 1 heterocycles. The van der Waals surface area contributed by atoms with Crippen molar-refractivity contribution < 1.29 is 13.3 Å². The third kappa shape index (κ3) is 2.09. The molecule has 0 aliphatic heterocycles. The molecule has 1 aliphatic rings. The average Bonchev–Trinajstić information content (AvgIpc) is 3.14. The van der Waals surface area contributed by atoms with E-state index in [0.29, 0.717) is 17.2 Å². The molecule has 1 atom stereocenters. The summed E-state index contributed by atoms with van der Waals surface area (Å²) in [7, 11) is 0. The van der Waals surface area contributed by atoms with Gasteiger partial charge >= 0.3 is 0 Å². The molecule has 2 N–H and O–H groups in total. The summed E-state index contributed by atoms with van der Waals surface area (Å²) in [6.07, 6.45) is 2.26. The van der Waals surface area contributed by atoms with Gasteiger partial charge in [-0.2, -0.15) is 0 Å². The molecule has 3 rings (SSSR count). The molecule has 100 valence electrons. The van der Waals surface area contributed by atoms with Crippen LogP contribution in [0.3, 0.4) is 0 Å². The summed E-state index contributed by atoms with van der Waals surface area (Å²) in [4.78, 5) is 0. The number of nitrogen functional groups attached to an aromatic ring is 1. The maximum Gasteiger partial charge on any atom is 0.175 e. The van der Waals surface area contributed by atoms with Gasteiger partial charge in [0.1, 0.15) is 17.4 Å². The predicted octanol–water partition coefficient (Wildman–Crippen LogP) is 3.72. The van der Waals surface area contributed by atoms with Crippen molar-refractivity contribution in [2.45, 2.75) is 25.7 Å². The molecule has 3 nitrogen and oxygen atoms in total. The van der Waals surface area contributed by atoms with E-state index in [1.165, 1.54) is 12.1 Å². The van der Waals surface area contributed by atoms with Crippen LogP contribution in [0.5, 0.6) is 0 Å². The standard InChI is InChI=1S/C14H14F2N2O/c1-7(8-2-3-8)13-12(14(17)18-19-13)10-5-4-9(15)6-11(10)16/h4-8H,2-3H2,1H3,(H2,17,18). The fourth-order valence-electron chi connectivity index (χ4n) is 2.40. The van der Waals surface area contributed by atoms with Crippen LogP contribution in [0.2, 0.25) is 0 Å². The normalized spacial score (nSPS) is 16.6. The molecule has 0 radical (unpaired) electrons. The van der Waals surface area contributed by atoms with Crippen LogP contribution in [0.4, 0.5) is 14.6 Å². The SMILES string of the molecule is CC(c1onc(N)c1-c1ccc(F)cc1F)C1CC1. The van der Waals surface area contributed by atoms with Crippen molar-refractivity contribution in [3.63, 3.8) is 0 Å². The number of aromatic nitrogens is 1. The minimum absolute atomic E-state index is 0.143. The van der Waals surface area contributed by atoms with E-state index in [-0.39, 0.29) is 17.3 Å². The van der Waals surface area contributed by atoms with E-state index in [0.717, 1.165) is 18.9 Å². The molecule has 1 aromatic carbocycles. The van der Waals surface area contributed by atoms with E-state index >= 15 is 0 Å². The molecule has 0 saturated heterocycles. The van der Waals surface area contributed by atoms with E-state index in [4.69, 9.17) is 10.3 Å². The summed E-state index contributed by atoms with van der Waals surface area (Å²) in [6, 6.07) is 3.42. The van der Waals surface area contributed by atoms with Gasteiger partial charge in [0.2, 0.25) is 0 Å².